The molecule has 0 bridgehead atoms. The van der Waals surface area contributed by atoms with Gasteiger partial charge in [-0.3, -0.25) is 9.59 Å². The maximum absolute atomic E-state index is 12.1. The van der Waals surface area contributed by atoms with E-state index in [1.54, 1.807) is 18.9 Å². The number of likely N-dealkylation sites (N-methyl/N-ethyl adjacent to an activating group) is 1. The van der Waals surface area contributed by atoms with Gasteiger partial charge in [-0.25, -0.2) is 0 Å². The molecule has 2 atom stereocenters. The molecule has 0 aromatic rings. The third kappa shape index (κ3) is 3.72. The number of rotatable bonds is 5. The average Bonchev–Trinajstić information content (AvgIpc) is 2.89. The van der Waals surface area contributed by atoms with E-state index in [4.69, 9.17) is 0 Å². The molecule has 4 nitrogen and oxygen atoms in total. The Morgan fingerprint density at radius 1 is 1.28 bits per heavy atom. The van der Waals surface area contributed by atoms with Gasteiger partial charge in [0.25, 0.3) is 0 Å². The van der Waals surface area contributed by atoms with Crippen molar-refractivity contribution in [3.05, 3.63) is 0 Å². The molecule has 0 aliphatic heterocycles. The highest BCUT2D eigenvalue weighted by Gasteiger charge is 2.27. The summed E-state index contributed by atoms with van der Waals surface area (Å²) >= 11 is 0. The average molecular weight is 254 g/mol. The molecule has 104 valence electrons. The van der Waals surface area contributed by atoms with E-state index < -0.39 is 6.04 Å². The van der Waals surface area contributed by atoms with Crippen LogP contribution in [0.1, 0.15) is 52.9 Å². The second kappa shape index (κ2) is 6.76. The summed E-state index contributed by atoms with van der Waals surface area (Å²) in [6, 6.07) is -0.208. The molecule has 1 rings (SSSR count). The number of nitrogens with one attached hydrogen (secondary N) is 1. The van der Waals surface area contributed by atoms with Crippen molar-refractivity contribution >= 4 is 11.8 Å². The van der Waals surface area contributed by atoms with E-state index in [9.17, 15) is 9.59 Å². The van der Waals surface area contributed by atoms with Crippen LogP contribution in [0.4, 0.5) is 0 Å². The van der Waals surface area contributed by atoms with Crippen molar-refractivity contribution in [2.45, 2.75) is 65.0 Å². The van der Waals surface area contributed by atoms with Crippen LogP contribution in [0, 0.1) is 5.92 Å². The highest BCUT2D eigenvalue weighted by molar-refractivity contribution is 5.88. The minimum absolute atomic E-state index is 0.00398. The fourth-order valence-corrected chi connectivity index (χ4v) is 2.38. The second-order valence-corrected chi connectivity index (χ2v) is 5.42. The third-order valence-corrected chi connectivity index (χ3v) is 4.05. The molecule has 1 fully saturated rings. The topological polar surface area (TPSA) is 49.4 Å². The number of carbonyl (C=O) groups is 2. The molecule has 0 aromatic carbocycles. The van der Waals surface area contributed by atoms with E-state index in [2.05, 4.69) is 12.2 Å². The molecule has 0 spiro atoms. The molecule has 4 heteroatoms. The molecular weight excluding hydrogens is 228 g/mol. The normalized spacial score (nSPS) is 19.3. The van der Waals surface area contributed by atoms with Gasteiger partial charge in [0.05, 0.1) is 0 Å². The molecule has 1 aliphatic rings. The molecule has 1 saturated carbocycles. The Labute approximate surface area is 110 Å². The molecule has 0 heterocycles. The summed E-state index contributed by atoms with van der Waals surface area (Å²) in [6.07, 6.45) is 5.12. The summed E-state index contributed by atoms with van der Waals surface area (Å²) in [6.45, 7) is 5.84. The summed E-state index contributed by atoms with van der Waals surface area (Å²) < 4.78 is 0. The number of carbonyl (C=O) groups excluding carboxylic acids is 2. The van der Waals surface area contributed by atoms with Gasteiger partial charge in [0.15, 0.2) is 0 Å². The quantitative estimate of drug-likeness (QED) is 0.815. The van der Waals surface area contributed by atoms with Crippen LogP contribution in [-0.4, -0.2) is 35.8 Å². The van der Waals surface area contributed by atoms with Gasteiger partial charge in [-0.15, -0.1) is 0 Å². The van der Waals surface area contributed by atoms with Crippen molar-refractivity contribution in [2.75, 3.05) is 7.05 Å². The summed E-state index contributed by atoms with van der Waals surface area (Å²) in [5.74, 6) is 0.163. The van der Waals surface area contributed by atoms with Crippen molar-refractivity contribution in [1.82, 2.24) is 10.2 Å². The van der Waals surface area contributed by atoms with Gasteiger partial charge in [0.1, 0.15) is 6.04 Å². The molecule has 0 radical (unpaired) electrons. The van der Waals surface area contributed by atoms with Crippen LogP contribution in [0.2, 0.25) is 0 Å². The van der Waals surface area contributed by atoms with Crippen LogP contribution in [0.5, 0.6) is 0 Å². The van der Waals surface area contributed by atoms with Crippen LogP contribution in [0.3, 0.4) is 0 Å². The lowest BCUT2D eigenvalue weighted by Gasteiger charge is -2.27. The summed E-state index contributed by atoms with van der Waals surface area (Å²) in [5.41, 5.74) is 0. The monoisotopic (exact) mass is 254 g/mol. The van der Waals surface area contributed by atoms with Gasteiger partial charge < -0.3 is 10.2 Å². The Kier molecular flexibility index (Phi) is 5.63. The van der Waals surface area contributed by atoms with E-state index in [-0.39, 0.29) is 23.8 Å². The predicted molar refractivity (Wildman–Crippen MR) is 72.1 cm³/mol. The van der Waals surface area contributed by atoms with Crippen molar-refractivity contribution in [1.29, 1.82) is 0 Å². The van der Waals surface area contributed by atoms with E-state index >= 15 is 0 Å². The molecule has 2 unspecified atom stereocenters. The maximum Gasteiger partial charge on any atom is 0.244 e. The zero-order chi connectivity index (χ0) is 13.7. The number of hydrogen-bond acceptors (Lipinski definition) is 2. The minimum Gasteiger partial charge on any atom is -0.344 e. The van der Waals surface area contributed by atoms with E-state index in [0.29, 0.717) is 0 Å². The Hall–Kier alpha value is -1.06. The lowest BCUT2D eigenvalue weighted by Crippen LogP contribution is -2.49. The summed E-state index contributed by atoms with van der Waals surface area (Å²) in [5, 5.41) is 2.85. The van der Waals surface area contributed by atoms with Gasteiger partial charge in [0, 0.05) is 19.0 Å². The first-order valence-corrected chi connectivity index (χ1v) is 7.04. The first-order valence-electron chi connectivity index (χ1n) is 7.04. The highest BCUT2D eigenvalue weighted by Crippen LogP contribution is 2.24. The predicted octanol–water partition coefficient (Wildman–Crippen LogP) is 1.94. The molecule has 1 aliphatic carbocycles. The van der Waals surface area contributed by atoms with Crippen LogP contribution < -0.4 is 5.32 Å². The summed E-state index contributed by atoms with van der Waals surface area (Å²) in [4.78, 5) is 25.8. The SMILES string of the molecule is CCC(C)N(C)C(=O)C(C)NC(=O)C1CCCC1. The number of amides is 2. The lowest BCUT2D eigenvalue weighted by molar-refractivity contribution is -0.137. The fraction of sp³-hybridized carbons (Fsp3) is 0.857. The molecule has 1 N–H and O–H groups in total. The molecular formula is C14H26N2O2. The van der Waals surface area contributed by atoms with Gasteiger partial charge in [-0.1, -0.05) is 19.8 Å². The molecule has 18 heavy (non-hydrogen) atoms. The molecule has 0 saturated heterocycles. The van der Waals surface area contributed by atoms with E-state index in [0.717, 1.165) is 32.1 Å². The van der Waals surface area contributed by atoms with Gasteiger partial charge in [-0.2, -0.15) is 0 Å². The zero-order valence-electron chi connectivity index (χ0n) is 12.0. The molecule has 0 aromatic heterocycles. The second-order valence-electron chi connectivity index (χ2n) is 5.42. The third-order valence-electron chi connectivity index (χ3n) is 4.05. The Bertz CT molecular complexity index is 298. The van der Waals surface area contributed by atoms with E-state index in [1.165, 1.54) is 0 Å². The highest BCUT2D eigenvalue weighted by atomic mass is 16.2. The van der Waals surface area contributed by atoms with Crippen LogP contribution in [-0.2, 0) is 9.59 Å². The van der Waals surface area contributed by atoms with Crippen molar-refractivity contribution in [3.8, 4) is 0 Å². The van der Waals surface area contributed by atoms with Gasteiger partial charge in [0.2, 0.25) is 11.8 Å². The van der Waals surface area contributed by atoms with Crippen molar-refractivity contribution in [2.24, 2.45) is 5.92 Å². The van der Waals surface area contributed by atoms with Crippen LogP contribution in [0.25, 0.3) is 0 Å². The Balaban J connectivity index is 2.46. The first-order chi connectivity index (χ1) is 8.47. The summed E-state index contributed by atoms with van der Waals surface area (Å²) in [7, 11) is 1.80. The van der Waals surface area contributed by atoms with Crippen molar-refractivity contribution < 1.29 is 9.59 Å². The van der Waals surface area contributed by atoms with Crippen molar-refractivity contribution in [3.63, 3.8) is 0 Å². The molecule has 2 amide bonds. The smallest absolute Gasteiger partial charge is 0.244 e. The first kappa shape index (κ1) is 15.0. The largest absolute Gasteiger partial charge is 0.344 e. The zero-order valence-corrected chi connectivity index (χ0v) is 12.0. The Morgan fingerprint density at radius 3 is 2.33 bits per heavy atom. The van der Waals surface area contributed by atoms with Gasteiger partial charge >= 0.3 is 0 Å². The lowest BCUT2D eigenvalue weighted by atomic mass is 10.1. The van der Waals surface area contributed by atoms with Crippen LogP contribution >= 0.6 is 0 Å². The van der Waals surface area contributed by atoms with Crippen LogP contribution in [0.15, 0.2) is 0 Å². The van der Waals surface area contributed by atoms with Gasteiger partial charge in [-0.05, 0) is 33.1 Å². The Morgan fingerprint density at radius 2 is 1.83 bits per heavy atom. The fourth-order valence-electron chi connectivity index (χ4n) is 2.38. The number of hydrogen-bond donors (Lipinski definition) is 1. The standard InChI is InChI=1S/C14H26N2O2/c1-5-10(2)16(4)14(18)11(3)15-13(17)12-8-6-7-9-12/h10-12H,5-9H2,1-4H3,(H,15,17). The number of nitrogens with zero attached hydrogens (tertiary/aromatic N) is 1. The van der Waals surface area contributed by atoms with E-state index in [1.807, 2.05) is 6.92 Å². The maximum atomic E-state index is 12.1. The minimum atomic E-state index is -0.419.